The van der Waals surface area contributed by atoms with Gasteiger partial charge in [0.15, 0.2) is 11.5 Å². The van der Waals surface area contributed by atoms with Gasteiger partial charge in [-0.05, 0) is 45.9 Å². The monoisotopic (exact) mass is 509 g/mol. The van der Waals surface area contributed by atoms with Gasteiger partial charge in [-0.3, -0.25) is 0 Å². The quantitative estimate of drug-likeness (QED) is 0.337. The van der Waals surface area contributed by atoms with E-state index in [0.717, 1.165) is 21.9 Å². The molecule has 1 unspecified atom stereocenters. The standard InChI is InChI=1S/C26H24BrNO5/c1-4-12-32-24-19(27)13-16(14-20(24)30-3)21-18-11-10-15-8-6-7-9-17(15)23(18)33-25(28)22(21)26(29)31-5-2/h4,6-11,13-14,21H,1,5,12,28H2,2-3H3. The van der Waals surface area contributed by atoms with Crippen LogP contribution in [0.4, 0.5) is 0 Å². The van der Waals surface area contributed by atoms with Gasteiger partial charge in [-0.15, -0.1) is 0 Å². The second-order valence-electron chi connectivity index (χ2n) is 7.37. The molecule has 0 saturated carbocycles. The summed E-state index contributed by atoms with van der Waals surface area (Å²) in [6.45, 7) is 5.98. The number of hydrogen-bond donors (Lipinski definition) is 1. The molecule has 0 bridgehead atoms. The molecule has 2 N–H and O–H groups in total. The summed E-state index contributed by atoms with van der Waals surface area (Å²) in [5, 5.41) is 1.91. The summed E-state index contributed by atoms with van der Waals surface area (Å²) in [6, 6.07) is 15.6. The number of carbonyl (C=O) groups excluding carboxylic acids is 1. The summed E-state index contributed by atoms with van der Waals surface area (Å²) in [4.78, 5) is 13.0. The van der Waals surface area contributed by atoms with Crippen molar-refractivity contribution in [1.29, 1.82) is 0 Å². The molecule has 0 aliphatic carbocycles. The number of hydrogen-bond acceptors (Lipinski definition) is 6. The molecule has 0 fully saturated rings. The van der Waals surface area contributed by atoms with Crippen molar-refractivity contribution in [2.75, 3.05) is 20.3 Å². The predicted octanol–water partition coefficient (Wildman–Crippen LogP) is 5.43. The maximum absolute atomic E-state index is 13.0. The molecule has 6 nitrogen and oxygen atoms in total. The van der Waals surface area contributed by atoms with Crippen LogP contribution in [-0.4, -0.2) is 26.3 Å². The van der Waals surface area contributed by atoms with Crippen LogP contribution in [0.1, 0.15) is 24.0 Å². The molecule has 1 atom stereocenters. The number of fused-ring (bicyclic) bond motifs is 3. The summed E-state index contributed by atoms with van der Waals surface area (Å²) in [5.41, 5.74) is 8.15. The minimum atomic E-state index is -0.531. The highest BCUT2D eigenvalue weighted by Gasteiger charge is 2.37. The first-order valence-electron chi connectivity index (χ1n) is 10.5. The topological polar surface area (TPSA) is 80.0 Å². The Balaban J connectivity index is 1.96. The highest BCUT2D eigenvalue weighted by molar-refractivity contribution is 9.10. The van der Waals surface area contributed by atoms with Crippen LogP contribution in [0.2, 0.25) is 0 Å². The molecule has 0 amide bonds. The number of carbonyl (C=O) groups is 1. The second-order valence-corrected chi connectivity index (χ2v) is 8.23. The van der Waals surface area contributed by atoms with E-state index in [1.54, 1.807) is 20.1 Å². The van der Waals surface area contributed by atoms with E-state index in [0.29, 0.717) is 28.3 Å². The Morgan fingerprint density at radius 3 is 2.76 bits per heavy atom. The predicted molar refractivity (Wildman–Crippen MR) is 131 cm³/mol. The number of benzene rings is 3. The number of halogens is 1. The van der Waals surface area contributed by atoms with Crippen molar-refractivity contribution in [3.05, 3.63) is 88.2 Å². The molecule has 3 aromatic rings. The second kappa shape index (κ2) is 9.58. The lowest BCUT2D eigenvalue weighted by Gasteiger charge is -2.30. The maximum atomic E-state index is 13.0. The number of nitrogens with two attached hydrogens (primary N) is 1. The van der Waals surface area contributed by atoms with Gasteiger partial charge in [-0.25, -0.2) is 4.79 Å². The van der Waals surface area contributed by atoms with E-state index in [2.05, 4.69) is 22.5 Å². The maximum Gasteiger partial charge on any atom is 0.340 e. The normalized spacial score (nSPS) is 14.9. The van der Waals surface area contributed by atoms with E-state index in [1.807, 2.05) is 48.5 Å². The Hall–Kier alpha value is -3.45. The van der Waals surface area contributed by atoms with Gasteiger partial charge in [-0.2, -0.15) is 0 Å². The van der Waals surface area contributed by atoms with Crippen LogP contribution >= 0.6 is 15.9 Å². The molecular formula is C26H24BrNO5. The summed E-state index contributed by atoms with van der Waals surface area (Å²) in [7, 11) is 1.56. The lowest BCUT2D eigenvalue weighted by atomic mass is 9.82. The Kier molecular flexibility index (Phi) is 6.60. The zero-order valence-electron chi connectivity index (χ0n) is 18.4. The van der Waals surface area contributed by atoms with Gasteiger partial charge in [-0.1, -0.05) is 49.1 Å². The SMILES string of the molecule is C=CCOc1c(Br)cc(C2C(C(=O)OCC)=C(N)Oc3c2ccc2ccccc32)cc1OC. The Morgan fingerprint density at radius 1 is 1.24 bits per heavy atom. The van der Waals surface area contributed by atoms with Gasteiger partial charge in [0.25, 0.3) is 0 Å². The van der Waals surface area contributed by atoms with Gasteiger partial charge in [0.1, 0.15) is 17.9 Å². The Bertz CT molecular complexity index is 1270. The van der Waals surface area contributed by atoms with Crippen molar-refractivity contribution in [3.8, 4) is 17.2 Å². The molecular weight excluding hydrogens is 486 g/mol. The molecule has 1 aliphatic heterocycles. The third kappa shape index (κ3) is 4.16. The molecule has 3 aromatic carbocycles. The fourth-order valence-electron chi connectivity index (χ4n) is 4.03. The highest BCUT2D eigenvalue weighted by atomic mass is 79.9. The van der Waals surface area contributed by atoms with Crippen molar-refractivity contribution in [2.24, 2.45) is 5.73 Å². The summed E-state index contributed by atoms with van der Waals surface area (Å²) in [6.07, 6.45) is 1.65. The fourth-order valence-corrected chi connectivity index (χ4v) is 4.60. The summed E-state index contributed by atoms with van der Waals surface area (Å²) >= 11 is 3.58. The molecule has 0 saturated heterocycles. The van der Waals surface area contributed by atoms with Crippen molar-refractivity contribution < 1.29 is 23.7 Å². The molecule has 0 spiro atoms. The third-order valence-electron chi connectivity index (χ3n) is 5.41. The van der Waals surface area contributed by atoms with E-state index in [-0.39, 0.29) is 18.1 Å². The van der Waals surface area contributed by atoms with Crippen LogP contribution in [0, 0.1) is 0 Å². The zero-order valence-corrected chi connectivity index (χ0v) is 20.0. The van der Waals surface area contributed by atoms with Crippen LogP contribution in [0.15, 0.2) is 77.1 Å². The van der Waals surface area contributed by atoms with Gasteiger partial charge in [0.2, 0.25) is 5.88 Å². The Morgan fingerprint density at radius 2 is 2.03 bits per heavy atom. The fraction of sp³-hybridized carbons (Fsp3) is 0.192. The van der Waals surface area contributed by atoms with E-state index in [4.69, 9.17) is 24.7 Å². The minimum absolute atomic E-state index is 0.0179. The van der Waals surface area contributed by atoms with Crippen LogP contribution in [0.25, 0.3) is 10.8 Å². The average Bonchev–Trinajstić information content (AvgIpc) is 2.82. The Labute approximate surface area is 200 Å². The van der Waals surface area contributed by atoms with Gasteiger partial charge in [0.05, 0.1) is 24.1 Å². The first-order valence-corrected chi connectivity index (χ1v) is 11.3. The molecule has 0 radical (unpaired) electrons. The molecule has 1 heterocycles. The van der Waals surface area contributed by atoms with E-state index in [1.165, 1.54) is 0 Å². The molecule has 0 aromatic heterocycles. The molecule has 7 heteroatoms. The van der Waals surface area contributed by atoms with Crippen LogP contribution in [0.5, 0.6) is 17.2 Å². The number of rotatable bonds is 7. The summed E-state index contributed by atoms with van der Waals surface area (Å²) < 4.78 is 23.4. The van der Waals surface area contributed by atoms with E-state index in [9.17, 15) is 4.79 Å². The number of ether oxygens (including phenoxy) is 4. The number of esters is 1. The molecule has 170 valence electrons. The van der Waals surface area contributed by atoms with Crippen molar-refractivity contribution in [2.45, 2.75) is 12.8 Å². The largest absolute Gasteiger partial charge is 0.493 e. The van der Waals surface area contributed by atoms with Crippen LogP contribution in [-0.2, 0) is 9.53 Å². The van der Waals surface area contributed by atoms with E-state index < -0.39 is 11.9 Å². The average molecular weight is 510 g/mol. The lowest BCUT2D eigenvalue weighted by molar-refractivity contribution is -0.139. The minimum Gasteiger partial charge on any atom is -0.493 e. The third-order valence-corrected chi connectivity index (χ3v) is 6.00. The molecule has 33 heavy (non-hydrogen) atoms. The summed E-state index contributed by atoms with van der Waals surface area (Å²) in [5.74, 6) is 0.630. The lowest BCUT2D eigenvalue weighted by Crippen LogP contribution is -2.27. The van der Waals surface area contributed by atoms with Crippen molar-refractivity contribution in [3.63, 3.8) is 0 Å². The zero-order chi connectivity index (χ0) is 23.5. The van der Waals surface area contributed by atoms with Gasteiger partial charge in [0, 0.05) is 10.9 Å². The first-order chi connectivity index (χ1) is 16.0. The van der Waals surface area contributed by atoms with Gasteiger partial charge < -0.3 is 24.7 Å². The first kappa shape index (κ1) is 22.7. The highest BCUT2D eigenvalue weighted by Crippen LogP contribution is 2.48. The van der Waals surface area contributed by atoms with Crippen molar-refractivity contribution in [1.82, 2.24) is 0 Å². The van der Waals surface area contributed by atoms with Crippen molar-refractivity contribution >= 4 is 32.7 Å². The van der Waals surface area contributed by atoms with E-state index >= 15 is 0 Å². The molecule has 4 rings (SSSR count). The van der Waals surface area contributed by atoms with Gasteiger partial charge >= 0.3 is 5.97 Å². The number of methoxy groups -OCH3 is 1. The molecule has 1 aliphatic rings. The van der Waals surface area contributed by atoms with Crippen LogP contribution in [0.3, 0.4) is 0 Å². The van der Waals surface area contributed by atoms with Crippen LogP contribution < -0.4 is 19.9 Å². The smallest absolute Gasteiger partial charge is 0.340 e.